The molecule has 20 heavy (non-hydrogen) atoms. The predicted octanol–water partition coefficient (Wildman–Crippen LogP) is 4.92. The van der Waals surface area contributed by atoms with Gasteiger partial charge in [0.2, 0.25) is 5.95 Å². The second-order valence-corrected chi connectivity index (χ2v) is 6.74. The molecule has 1 fully saturated rings. The standard InChI is InChI=1S/C15H19Cl2N3/c1-8-4-3-5-13(9(8)2)20-14-7-11(17)10(16)6-12(14)19-15(20)18/h6-9,13H,3-5H2,1-2H3,(H2,18,19). The summed E-state index contributed by atoms with van der Waals surface area (Å²) in [5.41, 5.74) is 7.97. The fourth-order valence-electron chi connectivity index (χ4n) is 3.38. The Morgan fingerprint density at radius 2 is 1.90 bits per heavy atom. The largest absolute Gasteiger partial charge is 0.369 e. The summed E-state index contributed by atoms with van der Waals surface area (Å²) in [6.45, 7) is 4.62. The molecule has 1 saturated carbocycles. The first-order chi connectivity index (χ1) is 9.49. The Kier molecular flexibility index (Phi) is 3.59. The third kappa shape index (κ3) is 2.17. The number of imidazole rings is 1. The Morgan fingerprint density at radius 1 is 1.20 bits per heavy atom. The molecule has 108 valence electrons. The maximum atomic E-state index is 6.16. The minimum atomic E-state index is 0.390. The van der Waals surface area contributed by atoms with Crippen molar-refractivity contribution in [3.05, 3.63) is 22.2 Å². The fraction of sp³-hybridized carbons (Fsp3) is 0.533. The van der Waals surface area contributed by atoms with Crippen LogP contribution in [0.4, 0.5) is 5.95 Å². The number of hydrogen-bond donors (Lipinski definition) is 1. The van der Waals surface area contributed by atoms with E-state index < -0.39 is 0 Å². The van der Waals surface area contributed by atoms with E-state index in [-0.39, 0.29) is 0 Å². The predicted molar refractivity (Wildman–Crippen MR) is 85.4 cm³/mol. The number of fused-ring (bicyclic) bond motifs is 1. The van der Waals surface area contributed by atoms with E-state index in [0.717, 1.165) is 17.5 Å². The van der Waals surface area contributed by atoms with Crippen LogP contribution in [0, 0.1) is 11.8 Å². The number of rotatable bonds is 1. The molecule has 1 aromatic carbocycles. The van der Waals surface area contributed by atoms with Crippen molar-refractivity contribution in [3.8, 4) is 0 Å². The van der Waals surface area contributed by atoms with Gasteiger partial charge in [-0.2, -0.15) is 0 Å². The normalized spacial score (nSPS) is 27.1. The smallest absolute Gasteiger partial charge is 0.201 e. The maximum absolute atomic E-state index is 6.16. The number of halogens is 2. The molecule has 3 unspecified atom stereocenters. The summed E-state index contributed by atoms with van der Waals surface area (Å²) in [5, 5.41) is 1.07. The lowest BCUT2D eigenvalue weighted by molar-refractivity contribution is 0.191. The van der Waals surface area contributed by atoms with Crippen LogP contribution in [0.1, 0.15) is 39.2 Å². The summed E-state index contributed by atoms with van der Waals surface area (Å²) in [7, 11) is 0. The van der Waals surface area contributed by atoms with E-state index in [9.17, 15) is 0 Å². The Hall–Kier alpha value is -0.930. The second kappa shape index (κ2) is 5.12. The molecule has 1 aliphatic rings. The molecule has 0 bridgehead atoms. The molecule has 1 heterocycles. The monoisotopic (exact) mass is 311 g/mol. The van der Waals surface area contributed by atoms with E-state index >= 15 is 0 Å². The first-order valence-corrected chi connectivity index (χ1v) is 7.87. The molecule has 2 aromatic rings. The highest BCUT2D eigenvalue weighted by Gasteiger charge is 2.30. The van der Waals surface area contributed by atoms with Crippen LogP contribution >= 0.6 is 23.2 Å². The molecular weight excluding hydrogens is 293 g/mol. The van der Waals surface area contributed by atoms with Gasteiger partial charge in [-0.15, -0.1) is 0 Å². The number of nitrogens with two attached hydrogens (primary N) is 1. The van der Waals surface area contributed by atoms with Gasteiger partial charge in [-0.25, -0.2) is 4.98 Å². The topological polar surface area (TPSA) is 43.8 Å². The van der Waals surface area contributed by atoms with E-state index in [1.54, 1.807) is 6.07 Å². The third-order valence-corrected chi connectivity index (χ3v) is 5.48. The van der Waals surface area contributed by atoms with Crippen LogP contribution in [0.15, 0.2) is 12.1 Å². The molecule has 0 spiro atoms. The molecule has 2 N–H and O–H groups in total. The highest BCUT2D eigenvalue weighted by atomic mass is 35.5. The summed E-state index contributed by atoms with van der Waals surface area (Å²) in [6.07, 6.45) is 3.66. The number of anilines is 1. The summed E-state index contributed by atoms with van der Waals surface area (Å²) in [6, 6.07) is 4.07. The van der Waals surface area contributed by atoms with Gasteiger partial charge in [-0.3, -0.25) is 0 Å². The van der Waals surface area contributed by atoms with Crippen LogP contribution in [-0.4, -0.2) is 9.55 Å². The molecule has 5 heteroatoms. The van der Waals surface area contributed by atoms with Gasteiger partial charge in [-0.05, 0) is 30.4 Å². The number of benzene rings is 1. The van der Waals surface area contributed by atoms with Crippen molar-refractivity contribution >= 4 is 40.2 Å². The number of nitrogen functional groups attached to an aromatic ring is 1. The molecule has 0 radical (unpaired) electrons. The van der Waals surface area contributed by atoms with Gasteiger partial charge in [0.25, 0.3) is 0 Å². The van der Waals surface area contributed by atoms with E-state index in [2.05, 4.69) is 23.4 Å². The lowest BCUT2D eigenvalue weighted by Crippen LogP contribution is -2.27. The van der Waals surface area contributed by atoms with Crippen molar-refractivity contribution in [2.45, 2.75) is 39.2 Å². The minimum absolute atomic E-state index is 0.390. The van der Waals surface area contributed by atoms with Crippen LogP contribution < -0.4 is 5.73 Å². The zero-order chi connectivity index (χ0) is 14.4. The highest BCUT2D eigenvalue weighted by Crippen LogP contribution is 2.41. The molecule has 3 rings (SSSR count). The zero-order valence-electron chi connectivity index (χ0n) is 11.7. The van der Waals surface area contributed by atoms with Crippen molar-refractivity contribution in [3.63, 3.8) is 0 Å². The van der Waals surface area contributed by atoms with E-state index in [4.69, 9.17) is 28.9 Å². The Morgan fingerprint density at radius 3 is 2.65 bits per heavy atom. The van der Waals surface area contributed by atoms with Crippen molar-refractivity contribution in [2.24, 2.45) is 11.8 Å². The Balaban J connectivity index is 2.15. The number of hydrogen-bond acceptors (Lipinski definition) is 2. The van der Waals surface area contributed by atoms with Gasteiger partial charge < -0.3 is 10.3 Å². The average Bonchev–Trinajstić information content (AvgIpc) is 2.69. The SMILES string of the molecule is CC1CCCC(n2c(N)nc3cc(Cl)c(Cl)cc32)C1C. The van der Waals surface area contributed by atoms with Crippen LogP contribution in [0.2, 0.25) is 10.0 Å². The van der Waals surface area contributed by atoms with E-state index in [0.29, 0.717) is 33.9 Å². The van der Waals surface area contributed by atoms with Crippen molar-refractivity contribution in [1.82, 2.24) is 9.55 Å². The third-order valence-electron chi connectivity index (χ3n) is 4.75. The second-order valence-electron chi connectivity index (χ2n) is 5.93. The number of aromatic nitrogens is 2. The summed E-state index contributed by atoms with van der Waals surface area (Å²) in [4.78, 5) is 4.45. The molecule has 3 atom stereocenters. The van der Waals surface area contributed by atoms with Gasteiger partial charge in [0.1, 0.15) is 0 Å². The van der Waals surface area contributed by atoms with Crippen LogP contribution in [0.3, 0.4) is 0 Å². The lowest BCUT2D eigenvalue weighted by Gasteiger charge is -2.35. The lowest BCUT2D eigenvalue weighted by atomic mass is 9.78. The van der Waals surface area contributed by atoms with Crippen LogP contribution in [-0.2, 0) is 0 Å². The zero-order valence-corrected chi connectivity index (χ0v) is 13.2. The Labute approximate surface area is 129 Å². The fourth-order valence-corrected chi connectivity index (χ4v) is 3.69. The van der Waals surface area contributed by atoms with Gasteiger partial charge in [0, 0.05) is 6.04 Å². The first-order valence-electron chi connectivity index (χ1n) is 7.11. The molecule has 1 aliphatic carbocycles. The molecule has 0 amide bonds. The molecular formula is C15H19Cl2N3. The summed E-state index contributed by atoms with van der Waals surface area (Å²) < 4.78 is 2.15. The van der Waals surface area contributed by atoms with Crippen molar-refractivity contribution < 1.29 is 0 Å². The van der Waals surface area contributed by atoms with Crippen LogP contribution in [0.25, 0.3) is 11.0 Å². The molecule has 0 aliphatic heterocycles. The van der Waals surface area contributed by atoms with Crippen molar-refractivity contribution in [1.29, 1.82) is 0 Å². The van der Waals surface area contributed by atoms with E-state index in [1.807, 2.05) is 6.07 Å². The van der Waals surface area contributed by atoms with Crippen molar-refractivity contribution in [2.75, 3.05) is 5.73 Å². The highest BCUT2D eigenvalue weighted by molar-refractivity contribution is 6.42. The Bertz CT molecular complexity index is 650. The van der Waals surface area contributed by atoms with E-state index in [1.165, 1.54) is 12.8 Å². The van der Waals surface area contributed by atoms with Gasteiger partial charge >= 0.3 is 0 Å². The summed E-state index contributed by atoms with van der Waals surface area (Å²) in [5.74, 6) is 1.84. The molecule has 3 nitrogen and oxygen atoms in total. The number of nitrogens with zero attached hydrogens (tertiary/aromatic N) is 2. The molecule has 1 aromatic heterocycles. The van der Waals surface area contributed by atoms with Gasteiger partial charge in [-0.1, -0.05) is 49.9 Å². The molecule has 0 saturated heterocycles. The quantitative estimate of drug-likeness (QED) is 0.812. The first kappa shape index (κ1) is 14.0. The average molecular weight is 312 g/mol. The maximum Gasteiger partial charge on any atom is 0.201 e. The van der Waals surface area contributed by atoms with Gasteiger partial charge in [0.05, 0.1) is 21.1 Å². The summed E-state index contributed by atoms with van der Waals surface area (Å²) >= 11 is 12.2. The van der Waals surface area contributed by atoms with Crippen LogP contribution in [0.5, 0.6) is 0 Å². The minimum Gasteiger partial charge on any atom is -0.369 e. The van der Waals surface area contributed by atoms with Gasteiger partial charge in [0.15, 0.2) is 0 Å².